The number of benzene rings is 1. The highest BCUT2D eigenvalue weighted by Gasteiger charge is 2.48. The van der Waals surface area contributed by atoms with Crippen LogP contribution in [-0.2, 0) is 4.74 Å². The third-order valence-corrected chi connectivity index (χ3v) is 5.12. The minimum atomic E-state index is 0.0670. The van der Waals surface area contributed by atoms with Crippen molar-refractivity contribution in [2.75, 3.05) is 51.3 Å². The molecule has 1 atom stereocenters. The van der Waals surface area contributed by atoms with E-state index in [1.807, 2.05) is 0 Å². The predicted octanol–water partition coefficient (Wildman–Crippen LogP) is 1.56. The third-order valence-electron chi connectivity index (χ3n) is 5.12. The second-order valence-corrected chi connectivity index (χ2v) is 6.32. The highest BCUT2D eigenvalue weighted by Crippen LogP contribution is 2.43. The average molecular weight is 289 g/mol. The number of hydrogen-bond acceptors (Lipinski definition) is 4. The zero-order chi connectivity index (χ0) is 14.7. The third kappa shape index (κ3) is 2.93. The molecule has 116 valence electrons. The second kappa shape index (κ2) is 6.34. The number of methoxy groups -OCH3 is 1. The largest absolute Gasteiger partial charge is 0.383 e. The van der Waals surface area contributed by atoms with Gasteiger partial charge in [-0.1, -0.05) is 18.2 Å². The first-order valence-corrected chi connectivity index (χ1v) is 8.04. The zero-order valence-electron chi connectivity index (χ0n) is 13.0. The number of rotatable bonds is 6. The summed E-state index contributed by atoms with van der Waals surface area (Å²) >= 11 is 0. The van der Waals surface area contributed by atoms with Crippen LogP contribution in [0.2, 0.25) is 0 Å². The van der Waals surface area contributed by atoms with Crippen molar-refractivity contribution in [1.82, 2.24) is 4.90 Å². The van der Waals surface area contributed by atoms with Gasteiger partial charge in [0, 0.05) is 45.5 Å². The lowest BCUT2D eigenvalue weighted by Gasteiger charge is -2.48. The summed E-state index contributed by atoms with van der Waals surface area (Å²) in [6.07, 6.45) is 2.61. The molecule has 1 heterocycles. The topological polar surface area (TPSA) is 41.7 Å². The molecule has 21 heavy (non-hydrogen) atoms. The fourth-order valence-electron chi connectivity index (χ4n) is 3.74. The summed E-state index contributed by atoms with van der Waals surface area (Å²) in [6.45, 7) is 5.76. The van der Waals surface area contributed by atoms with Crippen LogP contribution in [-0.4, -0.2) is 56.9 Å². The molecule has 0 spiro atoms. The van der Waals surface area contributed by atoms with Gasteiger partial charge in [0.25, 0.3) is 0 Å². The van der Waals surface area contributed by atoms with E-state index in [2.05, 4.69) is 40.1 Å². The smallest absolute Gasteiger partial charge is 0.0661 e. The lowest BCUT2D eigenvalue weighted by Crippen LogP contribution is -2.63. The first kappa shape index (κ1) is 14.8. The molecule has 0 radical (unpaired) electrons. The Morgan fingerprint density at radius 1 is 1.14 bits per heavy atom. The zero-order valence-corrected chi connectivity index (χ0v) is 13.0. The Hall–Kier alpha value is -1.10. The van der Waals surface area contributed by atoms with Crippen LogP contribution in [0.1, 0.15) is 12.8 Å². The van der Waals surface area contributed by atoms with E-state index >= 15 is 0 Å². The minimum Gasteiger partial charge on any atom is -0.383 e. The van der Waals surface area contributed by atoms with Gasteiger partial charge in [0.2, 0.25) is 0 Å². The normalized spacial score (nSPS) is 23.0. The van der Waals surface area contributed by atoms with E-state index in [9.17, 15) is 0 Å². The fourth-order valence-corrected chi connectivity index (χ4v) is 3.74. The first-order valence-electron chi connectivity index (χ1n) is 8.04. The van der Waals surface area contributed by atoms with Gasteiger partial charge >= 0.3 is 0 Å². The van der Waals surface area contributed by atoms with E-state index in [1.165, 1.54) is 18.5 Å². The average Bonchev–Trinajstić information content (AvgIpc) is 3.39. The summed E-state index contributed by atoms with van der Waals surface area (Å²) in [5.74, 6) is 0.728. The molecule has 2 aliphatic rings. The van der Waals surface area contributed by atoms with Crippen LogP contribution < -0.4 is 10.6 Å². The standard InChI is InChI=1S/C17H27N3O/c1-21-14-17(13-18,15-7-8-15)20-11-9-19(10-12-20)16-5-3-2-4-6-16/h2-6,15H,7-14,18H2,1H3. The Morgan fingerprint density at radius 2 is 1.81 bits per heavy atom. The predicted molar refractivity (Wildman–Crippen MR) is 86.6 cm³/mol. The van der Waals surface area contributed by atoms with Crippen LogP contribution >= 0.6 is 0 Å². The molecule has 4 nitrogen and oxygen atoms in total. The van der Waals surface area contributed by atoms with Gasteiger partial charge in [-0.15, -0.1) is 0 Å². The summed E-state index contributed by atoms with van der Waals surface area (Å²) in [4.78, 5) is 5.06. The molecule has 4 heteroatoms. The van der Waals surface area contributed by atoms with Crippen LogP contribution in [0.5, 0.6) is 0 Å². The molecule has 2 fully saturated rings. The molecule has 1 aromatic carbocycles. The molecular formula is C17H27N3O. The summed E-state index contributed by atoms with van der Waals surface area (Å²) in [7, 11) is 1.80. The Kier molecular flexibility index (Phi) is 4.48. The molecule has 0 bridgehead atoms. The van der Waals surface area contributed by atoms with Crippen LogP contribution in [0.25, 0.3) is 0 Å². The van der Waals surface area contributed by atoms with Gasteiger partial charge in [-0.25, -0.2) is 0 Å². The van der Waals surface area contributed by atoms with Crippen LogP contribution in [0, 0.1) is 5.92 Å². The maximum absolute atomic E-state index is 6.18. The number of para-hydroxylation sites is 1. The van der Waals surface area contributed by atoms with Gasteiger partial charge in [-0.2, -0.15) is 0 Å². The van der Waals surface area contributed by atoms with Gasteiger partial charge in [-0.05, 0) is 30.9 Å². The molecular weight excluding hydrogens is 262 g/mol. The van der Waals surface area contributed by atoms with E-state index < -0.39 is 0 Å². The van der Waals surface area contributed by atoms with Crippen molar-refractivity contribution in [3.63, 3.8) is 0 Å². The fraction of sp³-hybridized carbons (Fsp3) is 0.647. The van der Waals surface area contributed by atoms with Gasteiger partial charge < -0.3 is 15.4 Å². The van der Waals surface area contributed by atoms with Crippen molar-refractivity contribution in [2.24, 2.45) is 11.7 Å². The lowest BCUT2D eigenvalue weighted by molar-refractivity contribution is -0.00388. The van der Waals surface area contributed by atoms with E-state index in [-0.39, 0.29) is 5.54 Å². The Balaban J connectivity index is 1.66. The van der Waals surface area contributed by atoms with Crippen molar-refractivity contribution in [3.05, 3.63) is 30.3 Å². The maximum Gasteiger partial charge on any atom is 0.0661 e. The summed E-state index contributed by atoms with van der Waals surface area (Å²) < 4.78 is 5.53. The highest BCUT2D eigenvalue weighted by atomic mass is 16.5. The lowest BCUT2D eigenvalue weighted by atomic mass is 9.91. The summed E-state index contributed by atoms with van der Waals surface area (Å²) in [5.41, 5.74) is 7.57. The second-order valence-electron chi connectivity index (χ2n) is 6.32. The molecule has 1 saturated heterocycles. The molecule has 1 aliphatic heterocycles. The molecule has 1 unspecified atom stereocenters. The van der Waals surface area contributed by atoms with Crippen molar-refractivity contribution in [3.8, 4) is 0 Å². The van der Waals surface area contributed by atoms with Gasteiger partial charge in [0.1, 0.15) is 0 Å². The summed E-state index contributed by atoms with van der Waals surface area (Å²) in [5, 5.41) is 0. The number of ether oxygens (including phenoxy) is 1. The van der Waals surface area contributed by atoms with Gasteiger partial charge in [0.15, 0.2) is 0 Å². The summed E-state index contributed by atoms with van der Waals surface area (Å²) in [6, 6.07) is 10.7. The van der Waals surface area contributed by atoms with E-state index in [0.717, 1.165) is 38.7 Å². The molecule has 0 amide bonds. The quantitative estimate of drug-likeness (QED) is 0.863. The highest BCUT2D eigenvalue weighted by molar-refractivity contribution is 5.46. The first-order chi connectivity index (χ1) is 10.3. The van der Waals surface area contributed by atoms with Crippen molar-refractivity contribution in [1.29, 1.82) is 0 Å². The Morgan fingerprint density at radius 3 is 2.33 bits per heavy atom. The number of piperazine rings is 1. The molecule has 1 saturated carbocycles. The van der Waals surface area contributed by atoms with E-state index in [4.69, 9.17) is 10.5 Å². The Bertz CT molecular complexity index is 441. The number of hydrogen-bond donors (Lipinski definition) is 1. The maximum atomic E-state index is 6.18. The van der Waals surface area contributed by atoms with Crippen molar-refractivity contribution >= 4 is 5.69 Å². The molecule has 1 aliphatic carbocycles. The Labute approximate surface area is 127 Å². The minimum absolute atomic E-state index is 0.0670. The van der Waals surface area contributed by atoms with Gasteiger partial charge in [0.05, 0.1) is 12.1 Å². The molecule has 3 rings (SSSR count). The van der Waals surface area contributed by atoms with Crippen molar-refractivity contribution < 1.29 is 4.74 Å². The molecule has 2 N–H and O–H groups in total. The van der Waals surface area contributed by atoms with Crippen LogP contribution in [0.3, 0.4) is 0 Å². The van der Waals surface area contributed by atoms with E-state index in [0.29, 0.717) is 6.54 Å². The molecule has 0 aromatic heterocycles. The number of nitrogens with two attached hydrogens (primary N) is 1. The number of anilines is 1. The number of nitrogens with zero attached hydrogens (tertiary/aromatic N) is 2. The van der Waals surface area contributed by atoms with Crippen molar-refractivity contribution in [2.45, 2.75) is 18.4 Å². The SMILES string of the molecule is COCC(CN)(C1CC1)N1CCN(c2ccccc2)CC1. The monoisotopic (exact) mass is 289 g/mol. The van der Waals surface area contributed by atoms with Crippen LogP contribution in [0.15, 0.2) is 30.3 Å². The molecule has 1 aromatic rings. The van der Waals surface area contributed by atoms with E-state index in [1.54, 1.807) is 7.11 Å². The van der Waals surface area contributed by atoms with Crippen LogP contribution in [0.4, 0.5) is 5.69 Å². The van der Waals surface area contributed by atoms with Gasteiger partial charge in [-0.3, -0.25) is 4.90 Å².